The highest BCUT2D eigenvalue weighted by Crippen LogP contribution is 2.40. The van der Waals surface area contributed by atoms with Gasteiger partial charge in [0, 0.05) is 0 Å². The van der Waals surface area contributed by atoms with Crippen molar-refractivity contribution in [2.24, 2.45) is 0 Å². The zero-order valence-electron chi connectivity index (χ0n) is 8.50. The van der Waals surface area contributed by atoms with Gasteiger partial charge in [-0.25, -0.2) is 0 Å². The van der Waals surface area contributed by atoms with Gasteiger partial charge in [-0.3, -0.25) is 4.79 Å². The number of carbonyl (C=O) groups excluding carboxylic acids is 1. The van der Waals surface area contributed by atoms with E-state index in [1.807, 2.05) is 47.8 Å². The van der Waals surface area contributed by atoms with Crippen LogP contribution in [0.15, 0.2) is 47.8 Å². The maximum Gasteiger partial charge on any atom is 0.204 e. The molecule has 0 bridgehead atoms. The van der Waals surface area contributed by atoms with Crippen LogP contribution < -0.4 is 0 Å². The van der Waals surface area contributed by atoms with Crippen molar-refractivity contribution < 1.29 is 9.53 Å². The van der Waals surface area contributed by atoms with Gasteiger partial charge in [0.05, 0.1) is 4.88 Å². The van der Waals surface area contributed by atoms with Gasteiger partial charge in [0.1, 0.15) is 6.10 Å². The summed E-state index contributed by atoms with van der Waals surface area (Å²) in [5.74, 6) is 0.101. The standard InChI is InChI=1S/C13H10O2S/c14-11(10-7-4-8-16-10)13-12(15-13)9-5-2-1-3-6-9/h1-8,12-13H/t12-,13+/m0/s1. The Labute approximate surface area is 97.5 Å². The normalized spacial score (nSPS) is 23.0. The van der Waals surface area contributed by atoms with Crippen LogP contribution in [0.25, 0.3) is 0 Å². The smallest absolute Gasteiger partial charge is 0.204 e. The van der Waals surface area contributed by atoms with Crippen LogP contribution in [-0.2, 0) is 4.74 Å². The Morgan fingerprint density at radius 1 is 1.12 bits per heavy atom. The molecular weight excluding hydrogens is 220 g/mol. The van der Waals surface area contributed by atoms with E-state index in [0.717, 1.165) is 10.4 Å². The molecule has 1 aromatic carbocycles. The lowest BCUT2D eigenvalue weighted by atomic mass is 10.1. The van der Waals surface area contributed by atoms with Crippen molar-refractivity contribution in [3.63, 3.8) is 0 Å². The number of Topliss-reactive ketones (excluding diaryl/α,β-unsaturated/α-hetero) is 1. The van der Waals surface area contributed by atoms with Gasteiger partial charge in [0.25, 0.3) is 0 Å². The van der Waals surface area contributed by atoms with Crippen molar-refractivity contribution in [2.75, 3.05) is 0 Å². The summed E-state index contributed by atoms with van der Waals surface area (Å²) in [5.41, 5.74) is 1.08. The molecular formula is C13H10O2S. The number of hydrogen-bond acceptors (Lipinski definition) is 3. The van der Waals surface area contributed by atoms with Crippen molar-refractivity contribution in [1.82, 2.24) is 0 Å². The lowest BCUT2D eigenvalue weighted by molar-refractivity contribution is 0.0957. The SMILES string of the molecule is O=C(c1cccs1)[C@H]1O[C@H]1c1ccccc1. The molecule has 1 fully saturated rings. The number of rotatable bonds is 3. The third-order valence-corrected chi connectivity index (χ3v) is 3.53. The zero-order valence-corrected chi connectivity index (χ0v) is 9.31. The molecule has 16 heavy (non-hydrogen) atoms. The molecule has 1 saturated heterocycles. The molecule has 0 radical (unpaired) electrons. The van der Waals surface area contributed by atoms with Crippen LogP contribution >= 0.6 is 11.3 Å². The van der Waals surface area contributed by atoms with E-state index in [0.29, 0.717) is 0 Å². The molecule has 0 unspecified atom stereocenters. The molecule has 1 aliphatic heterocycles. The first kappa shape index (κ1) is 9.75. The molecule has 2 nitrogen and oxygen atoms in total. The molecule has 0 spiro atoms. The van der Waals surface area contributed by atoms with Crippen LogP contribution in [-0.4, -0.2) is 11.9 Å². The highest BCUT2D eigenvalue weighted by Gasteiger charge is 2.46. The van der Waals surface area contributed by atoms with Gasteiger partial charge in [-0.1, -0.05) is 36.4 Å². The Bertz CT molecular complexity index is 490. The number of hydrogen-bond donors (Lipinski definition) is 0. The highest BCUT2D eigenvalue weighted by molar-refractivity contribution is 7.12. The summed E-state index contributed by atoms with van der Waals surface area (Å²) in [6.45, 7) is 0. The van der Waals surface area contributed by atoms with Crippen LogP contribution in [0, 0.1) is 0 Å². The second-order valence-corrected chi connectivity index (χ2v) is 4.68. The first-order valence-corrected chi connectivity index (χ1v) is 6.02. The van der Waals surface area contributed by atoms with E-state index >= 15 is 0 Å². The fourth-order valence-electron chi connectivity index (χ4n) is 1.77. The molecule has 0 amide bonds. The van der Waals surface area contributed by atoms with Gasteiger partial charge < -0.3 is 4.74 Å². The average molecular weight is 230 g/mol. The van der Waals surface area contributed by atoms with Gasteiger partial charge >= 0.3 is 0 Å². The Morgan fingerprint density at radius 3 is 2.62 bits per heavy atom. The predicted octanol–water partition coefficient (Wildman–Crippen LogP) is 3.07. The van der Waals surface area contributed by atoms with Crippen molar-refractivity contribution >= 4 is 17.1 Å². The summed E-state index contributed by atoms with van der Waals surface area (Å²) in [4.78, 5) is 12.7. The second-order valence-electron chi connectivity index (χ2n) is 3.73. The largest absolute Gasteiger partial charge is 0.356 e. The van der Waals surface area contributed by atoms with E-state index in [-0.39, 0.29) is 18.0 Å². The van der Waals surface area contributed by atoms with E-state index in [1.165, 1.54) is 11.3 Å². The molecule has 0 saturated carbocycles. The third-order valence-electron chi connectivity index (χ3n) is 2.64. The summed E-state index contributed by atoms with van der Waals surface area (Å²) in [7, 11) is 0. The highest BCUT2D eigenvalue weighted by atomic mass is 32.1. The number of thiophene rings is 1. The number of carbonyl (C=O) groups is 1. The van der Waals surface area contributed by atoms with E-state index in [4.69, 9.17) is 4.74 Å². The lowest BCUT2D eigenvalue weighted by Crippen LogP contribution is -2.05. The summed E-state index contributed by atoms with van der Waals surface area (Å²) < 4.78 is 5.45. The molecule has 1 aromatic heterocycles. The van der Waals surface area contributed by atoms with Crippen LogP contribution in [0.5, 0.6) is 0 Å². The quantitative estimate of drug-likeness (QED) is 0.599. The van der Waals surface area contributed by atoms with Gasteiger partial charge in [-0.2, -0.15) is 0 Å². The average Bonchev–Trinajstić information content (AvgIpc) is 2.95. The molecule has 80 valence electrons. The van der Waals surface area contributed by atoms with Gasteiger partial charge in [0.15, 0.2) is 6.10 Å². The number of ketones is 1. The second kappa shape index (κ2) is 3.85. The van der Waals surface area contributed by atoms with E-state index < -0.39 is 0 Å². The molecule has 2 atom stereocenters. The Morgan fingerprint density at radius 2 is 1.94 bits per heavy atom. The topological polar surface area (TPSA) is 29.6 Å². The van der Waals surface area contributed by atoms with Gasteiger partial charge in [0.2, 0.25) is 5.78 Å². The number of epoxide rings is 1. The molecule has 3 rings (SSSR count). The number of ether oxygens (including phenoxy) is 1. The Hall–Kier alpha value is -1.45. The molecule has 3 heteroatoms. The van der Waals surface area contributed by atoms with E-state index in [1.54, 1.807) is 0 Å². The van der Waals surface area contributed by atoms with Crippen LogP contribution in [0.3, 0.4) is 0 Å². The molecule has 0 aliphatic carbocycles. The molecule has 2 heterocycles. The van der Waals surface area contributed by atoms with Crippen LogP contribution in [0.2, 0.25) is 0 Å². The Kier molecular flexibility index (Phi) is 2.35. The number of benzene rings is 1. The molecule has 1 aliphatic rings. The maximum absolute atomic E-state index is 11.9. The Balaban J connectivity index is 1.75. The fourth-order valence-corrected chi connectivity index (χ4v) is 2.46. The van der Waals surface area contributed by atoms with Crippen LogP contribution in [0.1, 0.15) is 21.3 Å². The zero-order chi connectivity index (χ0) is 11.0. The summed E-state index contributed by atoms with van der Waals surface area (Å²) in [5, 5.41) is 1.91. The molecule has 2 aromatic rings. The van der Waals surface area contributed by atoms with Crippen LogP contribution in [0.4, 0.5) is 0 Å². The van der Waals surface area contributed by atoms with Gasteiger partial charge in [-0.05, 0) is 17.0 Å². The first-order chi connectivity index (χ1) is 7.86. The van der Waals surface area contributed by atoms with Gasteiger partial charge in [-0.15, -0.1) is 11.3 Å². The minimum Gasteiger partial charge on any atom is -0.356 e. The lowest BCUT2D eigenvalue weighted by Gasteiger charge is -1.93. The molecule has 0 N–H and O–H groups in total. The fraction of sp³-hybridized carbons (Fsp3) is 0.154. The minimum absolute atomic E-state index is 0.0456. The third kappa shape index (κ3) is 1.68. The minimum atomic E-state index is -0.277. The van der Waals surface area contributed by atoms with Crippen molar-refractivity contribution in [2.45, 2.75) is 12.2 Å². The monoisotopic (exact) mass is 230 g/mol. The first-order valence-electron chi connectivity index (χ1n) is 5.14. The summed E-state index contributed by atoms with van der Waals surface area (Å²) in [6.07, 6.45) is -0.322. The van der Waals surface area contributed by atoms with Crippen molar-refractivity contribution in [3.8, 4) is 0 Å². The van der Waals surface area contributed by atoms with Crippen molar-refractivity contribution in [1.29, 1.82) is 0 Å². The van der Waals surface area contributed by atoms with E-state index in [9.17, 15) is 4.79 Å². The predicted molar refractivity (Wildman–Crippen MR) is 62.7 cm³/mol. The summed E-state index contributed by atoms with van der Waals surface area (Å²) >= 11 is 1.47. The maximum atomic E-state index is 11.9. The van der Waals surface area contributed by atoms with Crippen molar-refractivity contribution in [3.05, 3.63) is 58.3 Å². The van der Waals surface area contributed by atoms with E-state index in [2.05, 4.69) is 0 Å². The summed E-state index contributed by atoms with van der Waals surface area (Å²) in [6, 6.07) is 13.6.